The molecule has 4 rings (SSSR count). The van der Waals surface area contributed by atoms with Gasteiger partial charge in [0.2, 0.25) is 0 Å². The number of nitrogens with one attached hydrogen (secondary N) is 3. The predicted molar refractivity (Wildman–Crippen MR) is 119 cm³/mol. The second kappa shape index (κ2) is 8.68. The van der Waals surface area contributed by atoms with Gasteiger partial charge < -0.3 is 15.4 Å². The summed E-state index contributed by atoms with van der Waals surface area (Å²) in [6.45, 7) is 2.02. The van der Waals surface area contributed by atoms with Crippen molar-refractivity contribution in [2.45, 2.75) is 69.6 Å². The Balaban J connectivity index is 1.40. The summed E-state index contributed by atoms with van der Waals surface area (Å²) < 4.78 is 20.1. The number of carbonyl (C=O) groups is 2. The molecular weight excluding hydrogens is 502 g/mol. The molecule has 7 nitrogen and oxygen atoms in total. The molecule has 0 radical (unpaired) electrons. The van der Waals surface area contributed by atoms with Crippen LogP contribution in [0.4, 0.5) is 14.0 Å². The number of amides is 3. The number of rotatable bonds is 5. The molecule has 1 aliphatic heterocycles. The highest BCUT2D eigenvalue weighted by atomic mass is 127. The monoisotopic (exact) mass is 528 g/mol. The number of hydrazone groups is 1. The quantitative estimate of drug-likeness (QED) is 0.504. The number of hydrogen-bond acceptors (Lipinski definition) is 4. The summed E-state index contributed by atoms with van der Waals surface area (Å²) in [5, 5.41) is 10.3. The van der Waals surface area contributed by atoms with E-state index in [4.69, 9.17) is 4.74 Å². The number of urea groups is 1. The Morgan fingerprint density at radius 1 is 1.37 bits per heavy atom. The standard InChI is InChI=1S/C21H26FIN4O3/c1-12(24-19(28)25-15-3-4-15)10-13-6-8-21(9-7-13)18(26-27-20(29)30-21)16-5-2-14(22)11-17(16)23/h2,5,11-13,15H,3-4,6-10H2,1H3,(H,27,29)(H2,24,25,28)/t12-,13?,21?/m0/s1. The van der Waals surface area contributed by atoms with Gasteiger partial charge in [0.25, 0.3) is 0 Å². The van der Waals surface area contributed by atoms with Gasteiger partial charge in [0.05, 0.1) is 0 Å². The average Bonchev–Trinajstić information content (AvgIpc) is 3.48. The minimum absolute atomic E-state index is 0.0737. The first kappa shape index (κ1) is 21.3. The van der Waals surface area contributed by atoms with Crippen LogP contribution in [0.3, 0.4) is 0 Å². The first-order valence-electron chi connectivity index (χ1n) is 10.4. The predicted octanol–water partition coefficient (Wildman–Crippen LogP) is 4.04. The number of nitrogens with zero attached hydrogens (tertiary/aromatic N) is 1. The van der Waals surface area contributed by atoms with E-state index in [2.05, 4.69) is 43.8 Å². The van der Waals surface area contributed by atoms with E-state index >= 15 is 0 Å². The molecule has 3 aliphatic rings. The zero-order valence-electron chi connectivity index (χ0n) is 16.8. The molecule has 2 saturated carbocycles. The molecule has 0 bridgehead atoms. The molecule has 0 aromatic heterocycles. The maximum Gasteiger partial charge on any atom is 0.428 e. The zero-order chi connectivity index (χ0) is 21.3. The van der Waals surface area contributed by atoms with E-state index in [1.165, 1.54) is 12.1 Å². The SMILES string of the molecule is C[C@@H](CC1CCC2(CC1)OC(=O)NN=C2c1ccc(F)cc1I)NC(=O)NC1CC1. The first-order valence-corrected chi connectivity index (χ1v) is 11.5. The fraction of sp³-hybridized carbons (Fsp3) is 0.571. The summed E-state index contributed by atoms with van der Waals surface area (Å²) in [7, 11) is 0. The smallest absolute Gasteiger partial charge is 0.428 e. The fourth-order valence-corrected chi connectivity index (χ4v) is 5.13. The molecule has 2 fully saturated rings. The number of hydrogen-bond donors (Lipinski definition) is 3. The number of benzene rings is 1. The van der Waals surface area contributed by atoms with Crippen molar-refractivity contribution in [2.75, 3.05) is 0 Å². The van der Waals surface area contributed by atoms with Gasteiger partial charge in [-0.25, -0.2) is 19.4 Å². The molecule has 1 aromatic carbocycles. The minimum atomic E-state index is -0.795. The number of carbonyl (C=O) groups excluding carboxylic acids is 2. The van der Waals surface area contributed by atoms with Gasteiger partial charge in [-0.15, -0.1) is 0 Å². The lowest BCUT2D eigenvalue weighted by Crippen LogP contribution is -2.52. The molecule has 1 heterocycles. The van der Waals surface area contributed by atoms with Crippen LogP contribution < -0.4 is 16.1 Å². The van der Waals surface area contributed by atoms with Gasteiger partial charge in [0, 0.05) is 21.2 Å². The molecule has 0 saturated heterocycles. The second-order valence-electron chi connectivity index (χ2n) is 8.55. The molecule has 9 heteroatoms. The van der Waals surface area contributed by atoms with Crippen molar-refractivity contribution in [3.05, 3.63) is 33.1 Å². The van der Waals surface area contributed by atoms with E-state index in [0.717, 1.165) is 41.2 Å². The molecular formula is C21H26FIN4O3. The second-order valence-corrected chi connectivity index (χ2v) is 9.71. The van der Waals surface area contributed by atoms with Gasteiger partial charge in [0.1, 0.15) is 11.5 Å². The molecule has 2 aliphatic carbocycles. The third-order valence-corrected chi connectivity index (χ3v) is 6.95. The molecule has 30 heavy (non-hydrogen) atoms. The summed E-state index contributed by atoms with van der Waals surface area (Å²) in [6, 6.07) is 4.86. The Hall–Kier alpha value is -1.91. The van der Waals surface area contributed by atoms with E-state index < -0.39 is 11.7 Å². The lowest BCUT2D eigenvalue weighted by atomic mass is 9.73. The van der Waals surface area contributed by atoms with Crippen LogP contribution in [0.15, 0.2) is 23.3 Å². The maximum atomic E-state index is 13.6. The van der Waals surface area contributed by atoms with Gasteiger partial charge in [-0.1, -0.05) is 0 Å². The molecule has 0 unspecified atom stereocenters. The fourth-order valence-electron chi connectivity index (χ4n) is 4.40. The molecule has 1 aromatic rings. The summed E-state index contributed by atoms with van der Waals surface area (Å²) in [4.78, 5) is 23.9. The van der Waals surface area contributed by atoms with Crippen molar-refractivity contribution in [1.29, 1.82) is 0 Å². The highest BCUT2D eigenvalue weighted by Crippen LogP contribution is 2.41. The molecule has 3 N–H and O–H groups in total. The Morgan fingerprint density at radius 3 is 2.77 bits per heavy atom. The zero-order valence-corrected chi connectivity index (χ0v) is 19.0. The van der Waals surface area contributed by atoms with Crippen LogP contribution in [-0.2, 0) is 4.74 Å². The van der Waals surface area contributed by atoms with Crippen molar-refractivity contribution in [1.82, 2.24) is 16.1 Å². The van der Waals surface area contributed by atoms with Crippen LogP contribution in [0.25, 0.3) is 0 Å². The van der Waals surface area contributed by atoms with E-state index in [9.17, 15) is 14.0 Å². The number of halogens is 2. The molecule has 162 valence electrons. The Labute approximate surface area is 188 Å². The van der Waals surface area contributed by atoms with Crippen molar-refractivity contribution in [3.63, 3.8) is 0 Å². The minimum Gasteiger partial charge on any atom is -0.435 e. The van der Waals surface area contributed by atoms with Crippen molar-refractivity contribution < 1.29 is 18.7 Å². The lowest BCUT2D eigenvalue weighted by Gasteiger charge is -2.42. The Bertz CT molecular complexity index is 866. The van der Waals surface area contributed by atoms with Gasteiger partial charge >= 0.3 is 12.1 Å². The van der Waals surface area contributed by atoms with Gasteiger partial charge in [-0.3, -0.25) is 0 Å². The molecule has 1 spiro atoms. The number of ether oxygens (including phenoxy) is 1. The van der Waals surface area contributed by atoms with Crippen molar-refractivity contribution in [2.24, 2.45) is 11.0 Å². The van der Waals surface area contributed by atoms with Crippen LogP contribution >= 0.6 is 22.6 Å². The third kappa shape index (κ3) is 4.87. The summed E-state index contributed by atoms with van der Waals surface area (Å²) in [5.74, 6) is 0.114. The molecule has 1 atom stereocenters. The summed E-state index contributed by atoms with van der Waals surface area (Å²) >= 11 is 2.08. The van der Waals surface area contributed by atoms with E-state index in [1.807, 2.05) is 6.92 Å². The van der Waals surface area contributed by atoms with E-state index in [1.54, 1.807) is 6.07 Å². The van der Waals surface area contributed by atoms with Crippen LogP contribution in [-0.4, -0.2) is 35.5 Å². The first-order chi connectivity index (χ1) is 14.3. The van der Waals surface area contributed by atoms with Crippen molar-refractivity contribution >= 4 is 40.4 Å². The van der Waals surface area contributed by atoms with Crippen LogP contribution in [0.1, 0.15) is 57.4 Å². The molecule has 3 amide bonds. The van der Waals surface area contributed by atoms with E-state index in [0.29, 0.717) is 30.5 Å². The maximum absolute atomic E-state index is 13.6. The van der Waals surface area contributed by atoms with Gasteiger partial charge in [-0.05, 0) is 98.6 Å². The van der Waals surface area contributed by atoms with Crippen LogP contribution in [0.2, 0.25) is 0 Å². The lowest BCUT2D eigenvalue weighted by molar-refractivity contribution is 0.0155. The highest BCUT2D eigenvalue weighted by molar-refractivity contribution is 14.1. The van der Waals surface area contributed by atoms with Gasteiger partial charge in [-0.2, -0.15) is 5.10 Å². The van der Waals surface area contributed by atoms with Crippen LogP contribution in [0, 0.1) is 15.3 Å². The average molecular weight is 528 g/mol. The topological polar surface area (TPSA) is 91.8 Å². The Kier molecular flexibility index (Phi) is 6.17. The Morgan fingerprint density at radius 2 is 2.10 bits per heavy atom. The van der Waals surface area contributed by atoms with E-state index in [-0.39, 0.29) is 17.9 Å². The van der Waals surface area contributed by atoms with Gasteiger partial charge in [0.15, 0.2) is 5.60 Å². The third-order valence-electron chi connectivity index (χ3n) is 6.05. The summed E-state index contributed by atoms with van der Waals surface area (Å²) in [6.07, 6.45) is 5.48. The van der Waals surface area contributed by atoms with Crippen molar-refractivity contribution in [3.8, 4) is 0 Å². The highest BCUT2D eigenvalue weighted by Gasteiger charge is 2.46. The normalized spacial score (nSPS) is 27.0. The largest absolute Gasteiger partial charge is 0.435 e. The van der Waals surface area contributed by atoms with Crippen LogP contribution in [0.5, 0.6) is 0 Å². The summed E-state index contributed by atoms with van der Waals surface area (Å²) in [5.41, 5.74) is 3.04.